The van der Waals surface area contributed by atoms with Crippen LogP contribution in [0.3, 0.4) is 0 Å². The van der Waals surface area contributed by atoms with Gasteiger partial charge >= 0.3 is 0 Å². The zero-order chi connectivity index (χ0) is 9.69. The monoisotopic (exact) mass is 181 g/mol. The van der Waals surface area contributed by atoms with Crippen LogP contribution in [0, 0.1) is 0 Å². The molecule has 0 aromatic carbocycles. The largest absolute Gasteiger partial charge is 0.492 e. The first kappa shape index (κ1) is 8.60. The second-order valence-electron chi connectivity index (χ2n) is 4.48. The predicted molar refractivity (Wildman–Crippen MR) is 49.0 cm³/mol. The van der Waals surface area contributed by atoms with Gasteiger partial charge in [0, 0.05) is 26.2 Å². The number of amides is 1. The summed E-state index contributed by atoms with van der Waals surface area (Å²) in [6, 6.07) is 0. The van der Waals surface area contributed by atoms with Crippen molar-refractivity contribution in [1.29, 1.82) is 0 Å². The van der Waals surface area contributed by atoms with E-state index in [1.165, 1.54) is 0 Å². The van der Waals surface area contributed by atoms with Gasteiger partial charge in [-0.2, -0.15) is 0 Å². The molecule has 0 atom stereocenters. The maximum Gasteiger partial charge on any atom is 0.217 e. The Hall–Kier alpha value is -0.990. The third-order valence-electron chi connectivity index (χ3n) is 2.81. The Morgan fingerprint density at radius 2 is 1.92 bits per heavy atom. The van der Waals surface area contributed by atoms with Crippen LogP contribution in [0.15, 0.2) is 12.3 Å². The summed E-state index contributed by atoms with van der Waals surface area (Å²) >= 11 is 0. The first-order valence-electron chi connectivity index (χ1n) is 4.59. The maximum atomic E-state index is 10.8. The van der Waals surface area contributed by atoms with E-state index in [2.05, 4.69) is 11.9 Å². The summed E-state index contributed by atoms with van der Waals surface area (Å²) in [5.74, 6) is 0.833. The van der Waals surface area contributed by atoms with Gasteiger partial charge in [-0.05, 0) is 6.92 Å². The minimum atomic E-state index is 0.0221. The van der Waals surface area contributed by atoms with Gasteiger partial charge in [0.15, 0.2) is 0 Å². The minimum Gasteiger partial charge on any atom is -0.492 e. The van der Waals surface area contributed by atoms with Crippen molar-refractivity contribution in [2.24, 2.45) is 0 Å². The van der Waals surface area contributed by atoms with Gasteiger partial charge in [0.2, 0.25) is 5.91 Å². The van der Waals surface area contributed by atoms with E-state index >= 15 is 0 Å². The van der Waals surface area contributed by atoms with Crippen LogP contribution in [0.5, 0.6) is 0 Å². The summed E-state index contributed by atoms with van der Waals surface area (Å²) in [6.07, 6.45) is 2.85. The van der Waals surface area contributed by atoms with E-state index < -0.39 is 0 Å². The van der Waals surface area contributed by atoms with Crippen molar-refractivity contribution in [2.45, 2.75) is 44.2 Å². The highest BCUT2D eigenvalue weighted by molar-refractivity contribution is 5.74. The van der Waals surface area contributed by atoms with Crippen LogP contribution in [-0.4, -0.2) is 17.0 Å². The van der Waals surface area contributed by atoms with Crippen LogP contribution in [0.2, 0.25) is 0 Å². The molecule has 0 saturated heterocycles. The second kappa shape index (κ2) is 2.28. The number of hydrogen-bond donors (Lipinski definition) is 1. The number of carbonyl (C=O) groups excluding carboxylic acids is 1. The minimum absolute atomic E-state index is 0.0221. The SMILES string of the molecule is C=C(C)OC12CC(NC(C)=O)(C1)C2. The number of allylic oxidation sites excluding steroid dienone is 1. The molecule has 1 N–H and O–H groups in total. The third kappa shape index (κ3) is 1.23. The normalized spacial score (nSPS) is 39.8. The Kier molecular flexibility index (Phi) is 1.51. The molecule has 0 unspecified atom stereocenters. The topological polar surface area (TPSA) is 38.3 Å². The van der Waals surface area contributed by atoms with Crippen LogP contribution in [0.1, 0.15) is 33.1 Å². The van der Waals surface area contributed by atoms with E-state index in [1.807, 2.05) is 6.92 Å². The quantitative estimate of drug-likeness (QED) is 0.667. The van der Waals surface area contributed by atoms with E-state index in [9.17, 15) is 4.79 Å². The van der Waals surface area contributed by atoms with Crippen molar-refractivity contribution in [3.05, 3.63) is 12.3 Å². The number of rotatable bonds is 3. The fourth-order valence-corrected chi connectivity index (χ4v) is 2.68. The summed E-state index contributed by atoms with van der Waals surface area (Å²) < 4.78 is 5.60. The lowest BCUT2D eigenvalue weighted by atomic mass is 9.46. The summed E-state index contributed by atoms with van der Waals surface area (Å²) in [5, 5.41) is 2.97. The smallest absolute Gasteiger partial charge is 0.217 e. The number of nitrogens with one attached hydrogen (secondary N) is 1. The molecule has 13 heavy (non-hydrogen) atoms. The Bertz CT molecular complexity index is 237. The van der Waals surface area contributed by atoms with Gasteiger partial charge in [-0.25, -0.2) is 0 Å². The molecule has 2 bridgehead atoms. The molecule has 3 nitrogen and oxygen atoms in total. The van der Waals surface area contributed by atoms with Gasteiger partial charge in [0.05, 0.1) is 11.3 Å². The van der Waals surface area contributed by atoms with Gasteiger partial charge in [0.25, 0.3) is 0 Å². The molecule has 3 fully saturated rings. The lowest BCUT2D eigenvalue weighted by Gasteiger charge is -2.69. The van der Waals surface area contributed by atoms with Crippen LogP contribution < -0.4 is 5.32 Å². The molecule has 3 heteroatoms. The average molecular weight is 181 g/mol. The molecule has 3 saturated carbocycles. The van der Waals surface area contributed by atoms with Crippen LogP contribution >= 0.6 is 0 Å². The number of carbonyl (C=O) groups is 1. The van der Waals surface area contributed by atoms with Crippen LogP contribution in [-0.2, 0) is 9.53 Å². The number of hydrogen-bond acceptors (Lipinski definition) is 2. The summed E-state index contributed by atoms with van der Waals surface area (Å²) in [5.41, 5.74) is 0.0928. The Balaban J connectivity index is 1.86. The van der Waals surface area contributed by atoms with E-state index in [0.29, 0.717) is 0 Å². The highest BCUT2D eigenvalue weighted by Gasteiger charge is 2.70. The molecule has 72 valence electrons. The van der Waals surface area contributed by atoms with E-state index in [-0.39, 0.29) is 17.0 Å². The average Bonchev–Trinajstić information content (AvgIpc) is 1.77. The maximum absolute atomic E-state index is 10.8. The molecule has 0 aromatic heterocycles. The molecule has 3 aliphatic rings. The van der Waals surface area contributed by atoms with E-state index in [1.54, 1.807) is 6.92 Å². The highest BCUT2D eigenvalue weighted by atomic mass is 16.5. The summed E-state index contributed by atoms with van der Waals surface area (Å²) in [4.78, 5) is 10.8. The zero-order valence-corrected chi connectivity index (χ0v) is 8.14. The third-order valence-corrected chi connectivity index (χ3v) is 2.81. The van der Waals surface area contributed by atoms with Crippen molar-refractivity contribution >= 4 is 5.91 Å². The number of ether oxygens (including phenoxy) is 1. The predicted octanol–water partition coefficient (Wildman–Crippen LogP) is 1.35. The van der Waals surface area contributed by atoms with Gasteiger partial charge in [-0.3, -0.25) is 4.79 Å². The molecular weight excluding hydrogens is 166 g/mol. The first-order chi connectivity index (χ1) is 5.95. The molecule has 0 aromatic rings. The molecule has 0 heterocycles. The summed E-state index contributed by atoms with van der Waals surface area (Å²) in [6.45, 7) is 7.15. The zero-order valence-electron chi connectivity index (χ0n) is 8.14. The van der Waals surface area contributed by atoms with Gasteiger partial charge < -0.3 is 10.1 Å². The molecule has 3 rings (SSSR count). The molecule has 0 radical (unpaired) electrons. The van der Waals surface area contributed by atoms with Gasteiger partial charge in [-0.1, -0.05) is 6.58 Å². The Labute approximate surface area is 78.1 Å². The van der Waals surface area contributed by atoms with Crippen LogP contribution in [0.25, 0.3) is 0 Å². The van der Waals surface area contributed by atoms with Crippen molar-refractivity contribution in [3.8, 4) is 0 Å². The van der Waals surface area contributed by atoms with Crippen molar-refractivity contribution < 1.29 is 9.53 Å². The molecule has 3 aliphatic carbocycles. The molecular formula is C10H15NO2. The van der Waals surface area contributed by atoms with Gasteiger partial charge in [0.1, 0.15) is 5.60 Å². The van der Waals surface area contributed by atoms with Gasteiger partial charge in [-0.15, -0.1) is 0 Å². The fourth-order valence-electron chi connectivity index (χ4n) is 2.68. The van der Waals surface area contributed by atoms with Crippen molar-refractivity contribution in [2.75, 3.05) is 0 Å². The molecule has 1 amide bonds. The summed E-state index contributed by atoms with van der Waals surface area (Å²) in [7, 11) is 0. The Morgan fingerprint density at radius 1 is 1.38 bits per heavy atom. The van der Waals surface area contributed by atoms with E-state index in [4.69, 9.17) is 4.74 Å². The van der Waals surface area contributed by atoms with Crippen molar-refractivity contribution in [1.82, 2.24) is 5.32 Å². The Morgan fingerprint density at radius 3 is 2.31 bits per heavy atom. The molecule has 0 aliphatic heterocycles. The standard InChI is InChI=1S/C10H15NO2/c1-7(2)13-10-4-9(5-10,6-10)11-8(3)12/h1,4-6H2,2-3H3,(H,11,12). The fraction of sp³-hybridized carbons (Fsp3) is 0.700. The van der Waals surface area contributed by atoms with E-state index in [0.717, 1.165) is 25.0 Å². The van der Waals surface area contributed by atoms with Crippen molar-refractivity contribution in [3.63, 3.8) is 0 Å². The molecule has 0 spiro atoms. The highest BCUT2D eigenvalue weighted by Crippen LogP contribution is 2.63. The second-order valence-corrected chi connectivity index (χ2v) is 4.48. The lowest BCUT2D eigenvalue weighted by molar-refractivity contribution is -0.230. The lowest BCUT2D eigenvalue weighted by Crippen LogP contribution is -2.79. The first-order valence-corrected chi connectivity index (χ1v) is 4.59. The van der Waals surface area contributed by atoms with Crippen LogP contribution in [0.4, 0.5) is 0 Å².